The first-order valence-corrected chi connectivity index (χ1v) is 24.1. The summed E-state index contributed by atoms with van der Waals surface area (Å²) in [5.74, 6) is -1.13. The third-order valence-electron chi connectivity index (χ3n) is 9.24. The van der Waals surface area contributed by atoms with E-state index in [0.717, 1.165) is 103 Å². The van der Waals surface area contributed by atoms with Gasteiger partial charge in [0.05, 0.1) is 6.42 Å². The topological polar surface area (TPSA) is 78.9 Å². The number of carbonyl (C=O) groups excluding carboxylic acids is 3. The van der Waals surface area contributed by atoms with Crippen LogP contribution in [-0.2, 0) is 28.6 Å². The van der Waals surface area contributed by atoms with Gasteiger partial charge in [-0.1, -0.05) is 230 Å². The highest BCUT2D eigenvalue weighted by molar-refractivity contribution is 5.72. The van der Waals surface area contributed by atoms with Crippen molar-refractivity contribution in [3.63, 3.8) is 0 Å². The molecule has 0 heterocycles. The van der Waals surface area contributed by atoms with Crippen LogP contribution in [0.2, 0.25) is 0 Å². The smallest absolute Gasteiger partial charge is 0.309 e. The third-order valence-corrected chi connectivity index (χ3v) is 9.24. The fraction of sp³-hybridized carbons (Fsp3) is 0.491. The van der Waals surface area contributed by atoms with Crippen LogP contribution in [0.1, 0.15) is 162 Å². The summed E-state index contributed by atoms with van der Waals surface area (Å²) in [4.78, 5) is 37.8. The van der Waals surface area contributed by atoms with Gasteiger partial charge in [-0.3, -0.25) is 14.4 Å². The lowest BCUT2D eigenvalue weighted by atomic mass is 10.1. The molecule has 0 bridgehead atoms. The van der Waals surface area contributed by atoms with Crippen LogP contribution in [0.5, 0.6) is 0 Å². The Hall–Kier alpha value is -4.97. The lowest BCUT2D eigenvalue weighted by Crippen LogP contribution is -2.30. The summed E-state index contributed by atoms with van der Waals surface area (Å²) in [5, 5.41) is 0. The predicted molar refractivity (Wildman–Crippen MR) is 269 cm³/mol. The molecule has 348 valence electrons. The maximum absolute atomic E-state index is 12.8. The van der Waals surface area contributed by atoms with Crippen LogP contribution in [-0.4, -0.2) is 37.2 Å². The van der Waals surface area contributed by atoms with Crippen molar-refractivity contribution in [2.45, 2.75) is 168 Å². The molecule has 0 aliphatic heterocycles. The number of unbranched alkanes of at least 4 members (excludes halogenated alkanes) is 12. The van der Waals surface area contributed by atoms with Gasteiger partial charge in [0.1, 0.15) is 13.2 Å². The van der Waals surface area contributed by atoms with E-state index < -0.39 is 12.1 Å². The minimum atomic E-state index is -0.845. The Bertz CT molecular complexity index is 1510. The number of hydrogen-bond acceptors (Lipinski definition) is 6. The van der Waals surface area contributed by atoms with Crippen molar-refractivity contribution in [2.75, 3.05) is 13.2 Å². The van der Waals surface area contributed by atoms with Gasteiger partial charge in [-0.15, -0.1) is 0 Å². The van der Waals surface area contributed by atoms with Crippen LogP contribution >= 0.6 is 0 Å². The minimum Gasteiger partial charge on any atom is -0.462 e. The molecule has 1 unspecified atom stereocenters. The van der Waals surface area contributed by atoms with E-state index in [2.05, 4.69) is 93.7 Å². The SMILES string of the molecule is CC/C=C\C/C=C\C/C=C\CC(=O)OCC(COC(=O)CCCCCCC\C=C/C=C\C=C/C=C\C=C/CCC)OC(=O)CCCCCCC\C=C/C=C\C=C/C=C\C=C/CCC. The van der Waals surface area contributed by atoms with Crippen LogP contribution in [0.15, 0.2) is 158 Å². The van der Waals surface area contributed by atoms with Crippen LogP contribution in [0.25, 0.3) is 0 Å². The minimum absolute atomic E-state index is 0.115. The molecule has 0 aliphatic rings. The quantitative estimate of drug-likeness (QED) is 0.0201. The molecule has 0 radical (unpaired) electrons. The molecule has 6 nitrogen and oxygen atoms in total. The Labute approximate surface area is 384 Å². The first kappa shape index (κ1) is 58.0. The normalized spacial score (nSPS) is 13.5. The molecule has 0 saturated heterocycles. The van der Waals surface area contributed by atoms with Crippen molar-refractivity contribution < 1.29 is 28.6 Å². The van der Waals surface area contributed by atoms with E-state index in [9.17, 15) is 14.4 Å². The summed E-state index contributed by atoms with van der Waals surface area (Å²) >= 11 is 0. The molecular weight excluding hydrogens is 781 g/mol. The average Bonchev–Trinajstić information content (AvgIpc) is 3.28. The summed E-state index contributed by atoms with van der Waals surface area (Å²) in [6.07, 6.45) is 72.5. The van der Waals surface area contributed by atoms with Gasteiger partial charge in [-0.05, 0) is 70.6 Å². The van der Waals surface area contributed by atoms with E-state index >= 15 is 0 Å². The molecule has 0 N–H and O–H groups in total. The number of esters is 3. The molecule has 6 heteroatoms. The first-order valence-electron chi connectivity index (χ1n) is 24.1. The van der Waals surface area contributed by atoms with Gasteiger partial charge in [0.25, 0.3) is 0 Å². The van der Waals surface area contributed by atoms with Gasteiger partial charge in [-0.25, -0.2) is 0 Å². The van der Waals surface area contributed by atoms with Crippen molar-refractivity contribution >= 4 is 17.9 Å². The van der Waals surface area contributed by atoms with Crippen molar-refractivity contribution in [3.8, 4) is 0 Å². The van der Waals surface area contributed by atoms with Gasteiger partial charge in [0.15, 0.2) is 6.10 Å². The highest BCUT2D eigenvalue weighted by Crippen LogP contribution is 2.12. The van der Waals surface area contributed by atoms with Gasteiger partial charge >= 0.3 is 17.9 Å². The maximum atomic E-state index is 12.8. The van der Waals surface area contributed by atoms with Gasteiger partial charge in [0.2, 0.25) is 0 Å². The Morgan fingerprint density at radius 1 is 0.365 bits per heavy atom. The molecule has 0 rings (SSSR count). The molecule has 63 heavy (non-hydrogen) atoms. The summed E-state index contributed by atoms with van der Waals surface area (Å²) < 4.78 is 16.6. The Kier molecular flexibility index (Phi) is 45.8. The second-order valence-electron chi connectivity index (χ2n) is 15.2. The van der Waals surface area contributed by atoms with E-state index in [1.165, 1.54) is 12.8 Å². The predicted octanol–water partition coefficient (Wildman–Crippen LogP) is 15.9. The zero-order valence-corrected chi connectivity index (χ0v) is 39.5. The molecular formula is C57H84O6. The highest BCUT2D eigenvalue weighted by atomic mass is 16.6. The average molecular weight is 865 g/mol. The summed E-state index contributed by atoms with van der Waals surface area (Å²) in [6.45, 7) is 6.16. The first-order chi connectivity index (χ1) is 31.0. The second kappa shape index (κ2) is 49.7. The number of carbonyl (C=O) groups is 3. The Morgan fingerprint density at radius 3 is 1.19 bits per heavy atom. The maximum Gasteiger partial charge on any atom is 0.309 e. The van der Waals surface area contributed by atoms with Crippen LogP contribution in [0.4, 0.5) is 0 Å². The zero-order chi connectivity index (χ0) is 45.8. The number of allylic oxidation sites excluding steroid dienone is 25. The third kappa shape index (κ3) is 47.9. The van der Waals surface area contributed by atoms with Crippen LogP contribution < -0.4 is 0 Å². The largest absolute Gasteiger partial charge is 0.462 e. The molecule has 0 spiro atoms. The summed E-state index contributed by atoms with van der Waals surface area (Å²) in [6, 6.07) is 0. The molecule has 1 atom stereocenters. The second-order valence-corrected chi connectivity index (χ2v) is 15.2. The van der Waals surface area contributed by atoms with E-state index in [-0.39, 0.29) is 38.0 Å². The highest BCUT2D eigenvalue weighted by Gasteiger charge is 2.19. The number of rotatable bonds is 40. The number of ether oxygens (including phenoxy) is 3. The van der Waals surface area contributed by atoms with E-state index in [0.29, 0.717) is 12.8 Å². The summed E-state index contributed by atoms with van der Waals surface area (Å²) in [7, 11) is 0. The fourth-order valence-electron chi connectivity index (χ4n) is 5.68. The van der Waals surface area contributed by atoms with Gasteiger partial charge in [-0.2, -0.15) is 0 Å². The molecule has 0 amide bonds. The van der Waals surface area contributed by atoms with E-state index in [4.69, 9.17) is 14.2 Å². The van der Waals surface area contributed by atoms with Gasteiger partial charge in [0, 0.05) is 12.8 Å². The fourth-order valence-corrected chi connectivity index (χ4v) is 5.68. The summed E-state index contributed by atoms with van der Waals surface area (Å²) in [5.41, 5.74) is 0. The van der Waals surface area contributed by atoms with Crippen molar-refractivity contribution in [1.82, 2.24) is 0 Å². The monoisotopic (exact) mass is 865 g/mol. The van der Waals surface area contributed by atoms with Crippen molar-refractivity contribution in [1.29, 1.82) is 0 Å². The van der Waals surface area contributed by atoms with E-state index in [1.54, 1.807) is 6.08 Å². The molecule has 0 aliphatic carbocycles. The molecule has 0 aromatic heterocycles. The molecule has 0 fully saturated rings. The lowest BCUT2D eigenvalue weighted by molar-refractivity contribution is -0.166. The van der Waals surface area contributed by atoms with Crippen LogP contribution in [0, 0.1) is 0 Å². The number of hydrogen-bond donors (Lipinski definition) is 0. The molecule has 0 saturated carbocycles. The zero-order valence-electron chi connectivity index (χ0n) is 39.5. The van der Waals surface area contributed by atoms with E-state index in [1.807, 2.05) is 79.0 Å². The standard InChI is InChI=1S/C57H84O6/c1-4-7-10-13-16-19-21-23-25-27-29-31-33-35-38-41-44-47-50-56(59)62-53-54(52-61-55(58)49-46-43-40-37-18-15-12-9-6-3)63-57(60)51-48-45-42-39-36-34-32-30-28-26-24-22-20-17-14-11-8-5-2/h9-14,16-32,37,43,46,54H,4-8,15,33-36,38-42,44-45,47-53H2,1-3H3/b12-9-,13-10-,14-11-,19-16-,20-17-,23-21-,24-22-,27-25-,28-26-,31-29-,32-30-,37-18-,46-43-. The molecule has 0 aromatic rings. The van der Waals surface area contributed by atoms with Gasteiger partial charge < -0.3 is 14.2 Å². The van der Waals surface area contributed by atoms with Crippen molar-refractivity contribution in [3.05, 3.63) is 158 Å². The van der Waals surface area contributed by atoms with Crippen molar-refractivity contribution in [2.24, 2.45) is 0 Å². The Balaban J connectivity index is 4.56. The van der Waals surface area contributed by atoms with Crippen LogP contribution in [0.3, 0.4) is 0 Å². The lowest BCUT2D eigenvalue weighted by Gasteiger charge is -2.18. The molecule has 0 aromatic carbocycles. The Morgan fingerprint density at radius 2 is 0.730 bits per heavy atom.